The minimum atomic E-state index is -4.19. The molecule has 7 nitrogen and oxygen atoms in total. The number of azide groups is 1. The smallest absolute Gasteiger partial charge is 0.328 e. The topological polar surface area (TPSA) is 116 Å². The minimum Gasteiger partial charge on any atom is -0.377 e. The highest BCUT2D eigenvalue weighted by atomic mass is 31.2. The Morgan fingerprint density at radius 2 is 2.54 bits per heavy atom. The number of rotatable bonds is 3. The van der Waals surface area contributed by atoms with Crippen LogP contribution in [0.2, 0.25) is 0 Å². The SMILES string of the molecule is [3H]C1C[C@@H](N=[N+]=[N-])[C@@H](CP(=O)(O)O)O1. The zero-order valence-electron chi connectivity index (χ0n) is 7.65. The molecule has 1 unspecified atom stereocenters. The van der Waals surface area contributed by atoms with E-state index in [0.29, 0.717) is 0 Å². The molecule has 0 aromatic rings. The van der Waals surface area contributed by atoms with Crippen molar-refractivity contribution in [2.75, 3.05) is 12.7 Å². The quantitative estimate of drug-likeness (QED) is 0.307. The van der Waals surface area contributed by atoms with Gasteiger partial charge in [0.1, 0.15) is 0 Å². The summed E-state index contributed by atoms with van der Waals surface area (Å²) in [4.78, 5) is 19.9. The maximum atomic E-state index is 10.7. The molecule has 1 aliphatic heterocycles. The van der Waals surface area contributed by atoms with E-state index < -0.39 is 32.5 Å². The Labute approximate surface area is 75.9 Å². The van der Waals surface area contributed by atoms with E-state index in [1.165, 1.54) is 0 Å². The summed E-state index contributed by atoms with van der Waals surface area (Å²) in [6.07, 6.45) is -1.19. The third kappa shape index (κ3) is 3.34. The van der Waals surface area contributed by atoms with Crippen LogP contribution < -0.4 is 0 Å². The van der Waals surface area contributed by atoms with Gasteiger partial charge in [-0.05, 0) is 12.0 Å². The summed E-state index contributed by atoms with van der Waals surface area (Å²) in [5.74, 6) is 0. The monoisotopic (exact) mass is 209 g/mol. The second-order valence-corrected chi connectivity index (χ2v) is 4.39. The van der Waals surface area contributed by atoms with Gasteiger partial charge < -0.3 is 14.5 Å². The largest absolute Gasteiger partial charge is 0.377 e. The van der Waals surface area contributed by atoms with Crippen molar-refractivity contribution in [2.24, 2.45) is 5.11 Å². The van der Waals surface area contributed by atoms with Crippen LogP contribution in [0.1, 0.15) is 7.79 Å². The van der Waals surface area contributed by atoms with Crippen molar-refractivity contribution in [1.82, 2.24) is 0 Å². The van der Waals surface area contributed by atoms with Crippen LogP contribution >= 0.6 is 7.60 Å². The fourth-order valence-electron chi connectivity index (χ4n) is 1.11. The van der Waals surface area contributed by atoms with Crippen LogP contribution in [0.4, 0.5) is 0 Å². The normalized spacial score (nSPS) is 35.2. The molecule has 0 radical (unpaired) electrons. The van der Waals surface area contributed by atoms with Crippen molar-refractivity contribution in [2.45, 2.75) is 18.6 Å². The van der Waals surface area contributed by atoms with Crippen LogP contribution in [-0.4, -0.2) is 34.7 Å². The van der Waals surface area contributed by atoms with Crippen molar-refractivity contribution >= 4 is 7.60 Å². The van der Waals surface area contributed by atoms with Gasteiger partial charge in [-0.3, -0.25) is 4.57 Å². The Bertz CT molecular complexity index is 301. The fraction of sp³-hybridized carbons (Fsp3) is 1.00. The highest BCUT2D eigenvalue weighted by Gasteiger charge is 2.32. The van der Waals surface area contributed by atoms with Crippen molar-refractivity contribution < 1.29 is 20.5 Å². The number of ether oxygens (including phenoxy) is 1. The first-order valence-electron chi connectivity index (χ1n) is 4.16. The second kappa shape index (κ2) is 4.09. The summed E-state index contributed by atoms with van der Waals surface area (Å²) in [5, 5.41) is 3.33. The molecule has 0 aromatic carbocycles. The van der Waals surface area contributed by atoms with Crippen LogP contribution in [0.3, 0.4) is 0 Å². The molecule has 74 valence electrons. The van der Waals surface area contributed by atoms with Crippen molar-refractivity contribution in [1.29, 1.82) is 0 Å². The summed E-state index contributed by atoms with van der Waals surface area (Å²) in [7, 11) is -4.19. The van der Waals surface area contributed by atoms with E-state index in [0.717, 1.165) is 0 Å². The first-order valence-corrected chi connectivity index (χ1v) is 5.38. The molecule has 0 aromatic heterocycles. The van der Waals surface area contributed by atoms with Gasteiger partial charge in [-0.15, -0.1) is 0 Å². The molecule has 3 atom stereocenters. The molecule has 1 aliphatic rings. The van der Waals surface area contributed by atoms with Gasteiger partial charge in [0, 0.05) is 11.5 Å². The van der Waals surface area contributed by atoms with Crippen LogP contribution in [0.5, 0.6) is 0 Å². The molecule has 13 heavy (non-hydrogen) atoms. The third-order valence-electron chi connectivity index (χ3n) is 1.66. The van der Waals surface area contributed by atoms with E-state index in [9.17, 15) is 4.57 Å². The zero-order chi connectivity index (χ0) is 10.8. The van der Waals surface area contributed by atoms with Gasteiger partial charge in [-0.1, -0.05) is 5.11 Å². The number of hydrogen-bond donors (Lipinski definition) is 2. The molecule has 1 rings (SSSR count). The first-order chi connectivity index (χ1) is 6.42. The molecule has 0 bridgehead atoms. The van der Waals surface area contributed by atoms with Gasteiger partial charge in [-0.2, -0.15) is 0 Å². The summed E-state index contributed by atoms with van der Waals surface area (Å²) < 4.78 is 22.8. The third-order valence-corrected chi connectivity index (χ3v) is 2.49. The predicted molar refractivity (Wildman–Crippen MR) is 44.2 cm³/mol. The molecule has 2 N–H and O–H groups in total. The summed E-state index contributed by atoms with van der Waals surface area (Å²) in [6, 6.07) is -0.657. The molecule has 0 spiro atoms. The lowest BCUT2D eigenvalue weighted by Gasteiger charge is -2.14. The van der Waals surface area contributed by atoms with E-state index in [2.05, 4.69) is 10.0 Å². The Morgan fingerprint density at radius 1 is 1.85 bits per heavy atom. The van der Waals surface area contributed by atoms with Gasteiger partial charge in [0.05, 0.1) is 19.7 Å². The molecule has 0 aliphatic carbocycles. The fourth-order valence-corrected chi connectivity index (χ4v) is 1.91. The highest BCUT2D eigenvalue weighted by molar-refractivity contribution is 7.51. The Morgan fingerprint density at radius 3 is 3.08 bits per heavy atom. The number of hydrogen-bond acceptors (Lipinski definition) is 3. The van der Waals surface area contributed by atoms with Crippen LogP contribution in [0.25, 0.3) is 10.4 Å². The van der Waals surface area contributed by atoms with Crippen LogP contribution in [0, 0.1) is 0 Å². The van der Waals surface area contributed by atoms with Gasteiger partial charge in [0.2, 0.25) is 0 Å². The van der Waals surface area contributed by atoms with Crippen molar-refractivity contribution in [3.05, 3.63) is 10.4 Å². The van der Waals surface area contributed by atoms with Gasteiger partial charge in [0.15, 0.2) is 0 Å². The average molecular weight is 209 g/mol. The first kappa shape index (κ1) is 8.99. The maximum Gasteiger partial charge on any atom is 0.328 e. The molecule has 0 amide bonds. The molecule has 1 heterocycles. The standard InChI is InChI=1S/C5H10N3O4P/c6-8-7-4-1-2-12-5(4)3-13(9,10)11/h4-5H,1-3H2,(H2,9,10,11)/t4-,5-/m1/s1/i2T/t2?,4-,5-. The Hall–Kier alpha value is -0.580. The highest BCUT2D eigenvalue weighted by Crippen LogP contribution is 2.38. The molecule has 0 saturated carbocycles. The zero-order valence-corrected chi connectivity index (χ0v) is 7.54. The molecule has 8 heteroatoms. The van der Waals surface area contributed by atoms with E-state index in [1.54, 1.807) is 0 Å². The lowest BCUT2D eigenvalue weighted by Crippen LogP contribution is -2.23. The van der Waals surface area contributed by atoms with Crippen molar-refractivity contribution in [3.8, 4) is 0 Å². The summed E-state index contributed by atoms with van der Waals surface area (Å²) >= 11 is 0. The van der Waals surface area contributed by atoms with E-state index in [4.69, 9.17) is 21.4 Å². The minimum absolute atomic E-state index is 0.175. The van der Waals surface area contributed by atoms with E-state index in [-0.39, 0.29) is 6.42 Å². The Kier molecular flexibility index (Phi) is 2.83. The molecule has 1 fully saturated rings. The van der Waals surface area contributed by atoms with Crippen LogP contribution in [0.15, 0.2) is 5.11 Å². The number of nitrogens with zero attached hydrogens (tertiary/aromatic N) is 3. The van der Waals surface area contributed by atoms with Gasteiger partial charge in [-0.25, -0.2) is 0 Å². The summed E-state index contributed by atoms with van der Waals surface area (Å²) in [6.45, 7) is -0.873. The molecule has 1 saturated heterocycles. The summed E-state index contributed by atoms with van der Waals surface area (Å²) in [5.41, 5.74) is 8.18. The van der Waals surface area contributed by atoms with Gasteiger partial charge in [0.25, 0.3) is 0 Å². The second-order valence-electron chi connectivity index (χ2n) is 2.70. The molecular formula is C5H10N3O4P. The average Bonchev–Trinajstić information content (AvgIpc) is 2.28. The van der Waals surface area contributed by atoms with E-state index in [1.807, 2.05) is 0 Å². The van der Waals surface area contributed by atoms with Gasteiger partial charge >= 0.3 is 7.60 Å². The lowest BCUT2D eigenvalue weighted by molar-refractivity contribution is 0.117. The van der Waals surface area contributed by atoms with Crippen LogP contribution in [-0.2, 0) is 9.30 Å². The van der Waals surface area contributed by atoms with E-state index >= 15 is 0 Å². The maximum absolute atomic E-state index is 10.7. The lowest BCUT2D eigenvalue weighted by atomic mass is 10.2. The molecular weight excluding hydrogens is 197 g/mol. The Balaban J connectivity index is 2.67. The predicted octanol–water partition coefficient (Wildman–Crippen LogP) is 0.632. The van der Waals surface area contributed by atoms with Crippen molar-refractivity contribution in [3.63, 3.8) is 0 Å².